The summed E-state index contributed by atoms with van der Waals surface area (Å²) in [4.78, 5) is 16.4. The van der Waals surface area contributed by atoms with Crippen molar-refractivity contribution in [3.8, 4) is 0 Å². The Labute approximate surface area is 139 Å². The summed E-state index contributed by atoms with van der Waals surface area (Å²) in [6, 6.07) is 7.38. The van der Waals surface area contributed by atoms with E-state index >= 15 is 0 Å². The molecule has 0 fully saturated rings. The van der Waals surface area contributed by atoms with Crippen molar-refractivity contribution in [2.24, 2.45) is 11.7 Å². The molecule has 1 amide bonds. The lowest BCUT2D eigenvalue weighted by atomic mass is 10.1. The van der Waals surface area contributed by atoms with Crippen LogP contribution in [0, 0.1) is 5.92 Å². The lowest BCUT2D eigenvalue weighted by Gasteiger charge is -2.11. The first kappa shape index (κ1) is 16.9. The van der Waals surface area contributed by atoms with Gasteiger partial charge in [0.25, 0.3) is 0 Å². The van der Waals surface area contributed by atoms with Crippen LogP contribution in [-0.4, -0.2) is 10.9 Å². The van der Waals surface area contributed by atoms with Gasteiger partial charge in [0.15, 0.2) is 0 Å². The molecule has 1 aromatic carbocycles. The Morgan fingerprint density at radius 3 is 2.82 bits per heavy atom. The van der Waals surface area contributed by atoms with Crippen molar-refractivity contribution in [1.82, 2.24) is 10.3 Å². The van der Waals surface area contributed by atoms with Gasteiger partial charge in [-0.05, 0) is 17.5 Å². The number of aromatic nitrogens is 1. The normalized spacial score (nSPS) is 12.4. The maximum absolute atomic E-state index is 12.0. The fourth-order valence-electron chi connectivity index (χ4n) is 1.90. The van der Waals surface area contributed by atoms with E-state index in [2.05, 4.69) is 24.1 Å². The highest BCUT2D eigenvalue weighted by Crippen LogP contribution is 2.22. The Morgan fingerprint density at radius 2 is 2.14 bits per heavy atom. The predicted molar refractivity (Wildman–Crippen MR) is 90.9 cm³/mol. The van der Waals surface area contributed by atoms with Crippen LogP contribution in [0.4, 0.5) is 0 Å². The molecule has 22 heavy (non-hydrogen) atoms. The molecule has 0 spiro atoms. The molecule has 1 aromatic heterocycles. The van der Waals surface area contributed by atoms with Gasteiger partial charge in [-0.3, -0.25) is 4.79 Å². The number of halogens is 1. The molecule has 3 N–H and O–H groups in total. The van der Waals surface area contributed by atoms with Crippen LogP contribution >= 0.6 is 22.9 Å². The summed E-state index contributed by atoms with van der Waals surface area (Å²) in [6.07, 6.45) is 0.256. The van der Waals surface area contributed by atoms with Gasteiger partial charge in [-0.1, -0.05) is 43.6 Å². The molecule has 2 rings (SSSR count). The molecule has 4 nitrogen and oxygen atoms in total. The minimum absolute atomic E-state index is 0.0742. The highest BCUT2D eigenvalue weighted by Gasteiger charge is 2.15. The van der Waals surface area contributed by atoms with Crippen molar-refractivity contribution in [3.05, 3.63) is 50.9 Å². The Hall–Kier alpha value is -1.43. The third-order valence-corrected chi connectivity index (χ3v) is 4.71. The Kier molecular flexibility index (Phi) is 5.94. The van der Waals surface area contributed by atoms with E-state index in [0.717, 1.165) is 16.3 Å². The fraction of sp³-hybridized carbons (Fsp3) is 0.375. The average Bonchev–Trinajstić information content (AvgIpc) is 2.93. The van der Waals surface area contributed by atoms with E-state index in [1.54, 1.807) is 0 Å². The van der Waals surface area contributed by atoms with Crippen LogP contribution in [0.2, 0.25) is 5.02 Å². The highest BCUT2D eigenvalue weighted by molar-refractivity contribution is 7.09. The van der Waals surface area contributed by atoms with Gasteiger partial charge in [0.1, 0.15) is 5.01 Å². The molecule has 2 aromatic rings. The zero-order valence-corrected chi connectivity index (χ0v) is 14.2. The largest absolute Gasteiger partial charge is 0.352 e. The number of thiazole rings is 1. The SMILES string of the molecule is CC(C)C(N)c1nc(CC(=O)NCc2ccccc2Cl)cs1. The van der Waals surface area contributed by atoms with E-state index in [1.165, 1.54) is 11.3 Å². The maximum Gasteiger partial charge on any atom is 0.226 e. The Morgan fingerprint density at radius 1 is 1.41 bits per heavy atom. The van der Waals surface area contributed by atoms with Crippen molar-refractivity contribution >= 4 is 28.8 Å². The number of nitrogens with zero attached hydrogens (tertiary/aromatic N) is 1. The van der Waals surface area contributed by atoms with Gasteiger partial charge in [0, 0.05) is 16.9 Å². The molecule has 0 saturated carbocycles. The quantitative estimate of drug-likeness (QED) is 0.849. The van der Waals surface area contributed by atoms with Gasteiger partial charge < -0.3 is 11.1 Å². The average molecular weight is 338 g/mol. The molecular weight excluding hydrogens is 318 g/mol. The highest BCUT2D eigenvalue weighted by atomic mass is 35.5. The molecule has 0 saturated heterocycles. The zero-order chi connectivity index (χ0) is 16.1. The third-order valence-electron chi connectivity index (χ3n) is 3.35. The fourth-order valence-corrected chi connectivity index (χ4v) is 3.10. The van der Waals surface area contributed by atoms with Crippen LogP contribution < -0.4 is 11.1 Å². The van der Waals surface area contributed by atoms with E-state index in [-0.39, 0.29) is 18.4 Å². The lowest BCUT2D eigenvalue weighted by Crippen LogP contribution is -2.25. The van der Waals surface area contributed by atoms with Gasteiger partial charge in [0.2, 0.25) is 5.91 Å². The number of nitrogens with one attached hydrogen (secondary N) is 1. The molecule has 1 unspecified atom stereocenters. The standard InChI is InChI=1S/C16H20ClN3OS/c1-10(2)15(18)16-20-12(9-22-16)7-14(21)19-8-11-5-3-4-6-13(11)17/h3-6,9-10,15H,7-8,18H2,1-2H3,(H,19,21). The summed E-state index contributed by atoms with van der Waals surface area (Å²) >= 11 is 7.57. The number of nitrogens with two attached hydrogens (primary N) is 1. The minimum Gasteiger partial charge on any atom is -0.352 e. The van der Waals surface area contributed by atoms with E-state index in [0.29, 0.717) is 17.5 Å². The molecular formula is C16H20ClN3OS. The topological polar surface area (TPSA) is 68.0 Å². The first-order chi connectivity index (χ1) is 10.5. The predicted octanol–water partition coefficient (Wildman–Crippen LogP) is 3.31. The molecule has 0 radical (unpaired) electrons. The number of hydrogen-bond donors (Lipinski definition) is 2. The van der Waals surface area contributed by atoms with Crippen LogP contribution in [0.1, 0.15) is 36.2 Å². The zero-order valence-electron chi connectivity index (χ0n) is 12.7. The van der Waals surface area contributed by atoms with Crippen molar-refractivity contribution in [2.45, 2.75) is 32.9 Å². The summed E-state index contributed by atoms with van der Waals surface area (Å²) in [5, 5.41) is 6.29. The van der Waals surface area contributed by atoms with Crippen molar-refractivity contribution in [1.29, 1.82) is 0 Å². The van der Waals surface area contributed by atoms with Gasteiger partial charge >= 0.3 is 0 Å². The van der Waals surface area contributed by atoms with Crippen LogP contribution in [-0.2, 0) is 17.8 Å². The van der Waals surface area contributed by atoms with Crippen molar-refractivity contribution in [3.63, 3.8) is 0 Å². The molecule has 0 aliphatic carbocycles. The molecule has 118 valence electrons. The molecule has 1 atom stereocenters. The first-order valence-corrected chi connectivity index (χ1v) is 8.43. The van der Waals surface area contributed by atoms with Gasteiger partial charge in [-0.15, -0.1) is 11.3 Å². The van der Waals surface area contributed by atoms with Crippen LogP contribution in [0.3, 0.4) is 0 Å². The monoisotopic (exact) mass is 337 g/mol. The number of amides is 1. The summed E-state index contributed by atoms with van der Waals surface area (Å²) < 4.78 is 0. The summed E-state index contributed by atoms with van der Waals surface area (Å²) in [7, 11) is 0. The van der Waals surface area contributed by atoms with E-state index in [1.807, 2.05) is 29.6 Å². The number of carbonyl (C=O) groups excluding carboxylic acids is 1. The number of carbonyl (C=O) groups is 1. The molecule has 0 bridgehead atoms. The van der Waals surface area contributed by atoms with Gasteiger partial charge in [-0.25, -0.2) is 4.98 Å². The van der Waals surface area contributed by atoms with E-state index in [9.17, 15) is 4.79 Å². The molecule has 1 heterocycles. The number of hydrogen-bond acceptors (Lipinski definition) is 4. The van der Waals surface area contributed by atoms with Crippen molar-refractivity contribution < 1.29 is 4.79 Å². The second-order valence-electron chi connectivity index (χ2n) is 5.49. The number of rotatable bonds is 6. The second kappa shape index (κ2) is 7.72. The Balaban J connectivity index is 1.89. The molecule has 0 aliphatic heterocycles. The van der Waals surface area contributed by atoms with Crippen molar-refractivity contribution in [2.75, 3.05) is 0 Å². The van der Waals surface area contributed by atoms with E-state index < -0.39 is 0 Å². The maximum atomic E-state index is 12.0. The minimum atomic E-state index is -0.0788. The van der Waals surface area contributed by atoms with Crippen LogP contribution in [0.15, 0.2) is 29.6 Å². The van der Waals surface area contributed by atoms with E-state index in [4.69, 9.17) is 17.3 Å². The Bertz CT molecular complexity index is 642. The first-order valence-electron chi connectivity index (χ1n) is 7.17. The van der Waals surface area contributed by atoms with Crippen LogP contribution in [0.5, 0.6) is 0 Å². The van der Waals surface area contributed by atoms with Gasteiger partial charge in [0.05, 0.1) is 18.2 Å². The van der Waals surface area contributed by atoms with Crippen LogP contribution in [0.25, 0.3) is 0 Å². The summed E-state index contributed by atoms with van der Waals surface area (Å²) in [5.74, 6) is 0.253. The number of benzene rings is 1. The summed E-state index contributed by atoms with van der Waals surface area (Å²) in [6.45, 7) is 4.53. The summed E-state index contributed by atoms with van der Waals surface area (Å²) in [5.41, 5.74) is 7.72. The van der Waals surface area contributed by atoms with Gasteiger partial charge in [-0.2, -0.15) is 0 Å². The smallest absolute Gasteiger partial charge is 0.226 e. The molecule has 6 heteroatoms. The second-order valence-corrected chi connectivity index (χ2v) is 6.79. The molecule has 0 aliphatic rings. The lowest BCUT2D eigenvalue weighted by molar-refractivity contribution is -0.120. The third kappa shape index (κ3) is 4.53.